The van der Waals surface area contributed by atoms with Gasteiger partial charge >= 0.3 is 6.09 Å². The Bertz CT molecular complexity index is 3090. The third-order valence-corrected chi connectivity index (χ3v) is 13.8. The number of nitrogens with zero attached hydrogens (tertiary/aromatic N) is 2. The van der Waals surface area contributed by atoms with Crippen LogP contribution in [0.25, 0.3) is 22.5 Å². The van der Waals surface area contributed by atoms with E-state index in [2.05, 4.69) is 26.6 Å². The van der Waals surface area contributed by atoms with Gasteiger partial charge in [0.1, 0.15) is 42.4 Å². The highest BCUT2D eigenvalue weighted by Gasteiger charge is 2.30. The zero-order valence-corrected chi connectivity index (χ0v) is 46.5. The number of pyridine rings is 2. The molecule has 4 aromatic carbocycles. The molecule has 0 bridgehead atoms. The van der Waals surface area contributed by atoms with Gasteiger partial charge in [-0.05, 0) is 130 Å². The molecule has 20 nitrogen and oxygen atoms in total. The quantitative estimate of drug-likeness (QED) is 0.0499. The third kappa shape index (κ3) is 15.5. The number of nitrogens with one attached hydrogen (secondary N) is 5. The molecule has 6 aromatic rings. The van der Waals surface area contributed by atoms with Crippen LogP contribution in [-0.2, 0) is 36.9 Å². The first-order valence-electron chi connectivity index (χ1n) is 27.4. The van der Waals surface area contributed by atoms with Crippen molar-refractivity contribution < 1.29 is 57.0 Å². The molecule has 0 saturated carbocycles. The van der Waals surface area contributed by atoms with Gasteiger partial charge in [-0.1, -0.05) is 36.4 Å². The summed E-state index contributed by atoms with van der Waals surface area (Å²) in [6, 6.07) is 34.6. The minimum absolute atomic E-state index is 0.0107. The lowest BCUT2D eigenvalue weighted by Crippen LogP contribution is -2.43. The third-order valence-electron chi connectivity index (χ3n) is 13.8. The number of carbonyl (C=O) groups is 3. The molecule has 4 aliphatic rings. The number of alkyl carbamates (subject to hydrolysis) is 1. The van der Waals surface area contributed by atoms with Crippen LogP contribution in [0.4, 0.5) is 27.5 Å². The summed E-state index contributed by atoms with van der Waals surface area (Å²) in [5, 5.41) is 15.5. The number of nitrogens with two attached hydrogens (primary N) is 1. The van der Waals surface area contributed by atoms with Crippen molar-refractivity contribution in [3.63, 3.8) is 0 Å². The van der Waals surface area contributed by atoms with E-state index in [1.807, 2.05) is 130 Å². The number of amides is 3. The number of carbonyl (C=O) groups excluding carboxylic acids is 3. The first-order valence-corrected chi connectivity index (χ1v) is 27.4. The van der Waals surface area contributed by atoms with Crippen molar-refractivity contribution in [3.8, 4) is 57.3 Å². The predicted molar refractivity (Wildman–Crippen MR) is 306 cm³/mol. The molecule has 81 heavy (non-hydrogen) atoms. The second-order valence-electron chi connectivity index (χ2n) is 20.8. The van der Waals surface area contributed by atoms with Crippen molar-refractivity contribution in [2.45, 2.75) is 77.4 Å². The van der Waals surface area contributed by atoms with Gasteiger partial charge in [-0.3, -0.25) is 9.59 Å². The van der Waals surface area contributed by atoms with E-state index >= 15 is 0 Å². The number of para-hydroxylation sites is 2. The Kier molecular flexibility index (Phi) is 19.3. The van der Waals surface area contributed by atoms with Crippen LogP contribution in [0.3, 0.4) is 0 Å². The molecule has 428 valence electrons. The fourth-order valence-electron chi connectivity index (χ4n) is 9.42. The molecule has 2 atom stereocenters. The Balaban J connectivity index is 0.000000198. The molecule has 2 aromatic heterocycles. The average Bonchev–Trinajstić information content (AvgIpc) is 3.51. The fraction of sp³-hybridized carbons (Fsp3) is 0.393. The molecule has 3 amide bonds. The molecule has 20 heteroatoms. The minimum atomic E-state index is -0.548. The number of aromatic nitrogens is 2. The van der Waals surface area contributed by atoms with Crippen molar-refractivity contribution in [2.75, 3.05) is 77.6 Å². The summed E-state index contributed by atoms with van der Waals surface area (Å²) in [6.07, 6.45) is 1.86. The molecule has 0 aliphatic carbocycles. The molecule has 2 saturated heterocycles. The Morgan fingerprint density at radius 3 is 1.44 bits per heavy atom. The van der Waals surface area contributed by atoms with E-state index in [-0.39, 0.29) is 35.9 Å². The molecule has 2 unspecified atom stereocenters. The van der Waals surface area contributed by atoms with Crippen molar-refractivity contribution in [2.24, 2.45) is 17.6 Å². The molecule has 2 fully saturated rings. The molecule has 4 aliphatic heterocycles. The fourth-order valence-corrected chi connectivity index (χ4v) is 9.42. The maximum absolute atomic E-state index is 12.6. The summed E-state index contributed by atoms with van der Waals surface area (Å²) in [7, 11) is 3.16. The van der Waals surface area contributed by atoms with E-state index in [1.54, 1.807) is 14.2 Å². The lowest BCUT2D eigenvalue weighted by atomic mass is 9.99. The van der Waals surface area contributed by atoms with E-state index in [1.165, 1.54) is 0 Å². The van der Waals surface area contributed by atoms with Gasteiger partial charge in [0.15, 0.2) is 23.0 Å². The average molecular weight is 1110 g/mol. The van der Waals surface area contributed by atoms with Crippen molar-refractivity contribution in [3.05, 3.63) is 120 Å². The zero-order chi connectivity index (χ0) is 56.7. The van der Waals surface area contributed by atoms with E-state index < -0.39 is 11.7 Å². The van der Waals surface area contributed by atoms with Gasteiger partial charge in [-0.25, -0.2) is 14.8 Å². The van der Waals surface area contributed by atoms with Crippen LogP contribution in [0.1, 0.15) is 57.6 Å². The number of rotatable bonds is 17. The maximum atomic E-state index is 12.6. The molecular formula is C61H72N8O12. The zero-order valence-electron chi connectivity index (χ0n) is 46.5. The number of anilines is 4. The first kappa shape index (κ1) is 57.4. The van der Waals surface area contributed by atoms with Gasteiger partial charge in [-0.15, -0.1) is 0 Å². The standard InChI is InChI=1S/C33H40N4O7.C28H32N4O5/c1-33(2,3)44-32(39)35-18-21-8-10-23(11-9-21)36-27-13-12-26(37-31(27)40-4)25-6-5-7-28-29(25)43-24(20-42-28)19-34-30(38)22-14-16-41-17-15-22;1-34-28-24(31-20-7-5-18(15-29)6-8-20)10-9-23(32-28)22-3-2-4-25-26(22)37-21(17-36-25)16-30-27(33)19-11-13-35-14-12-19/h5-13,22,24,36H,14-20H2,1-4H3,(H,34,38)(H,35,39);2-10,19,21,31H,11-17,29H2,1H3,(H,30,33). The van der Waals surface area contributed by atoms with Crippen LogP contribution in [0.5, 0.6) is 34.8 Å². The summed E-state index contributed by atoms with van der Waals surface area (Å²) in [4.78, 5) is 46.6. The van der Waals surface area contributed by atoms with Crippen molar-refractivity contribution >= 4 is 40.7 Å². The molecule has 7 N–H and O–H groups in total. The van der Waals surface area contributed by atoms with E-state index in [0.29, 0.717) is 118 Å². The SMILES string of the molecule is COc1nc(-c2cccc3c2OC(CNC(=O)C2CCOCC2)CO3)ccc1Nc1ccc(CN)cc1.COc1nc(-c2cccc3c2OC(CNC(=O)C2CCOCC2)CO3)ccc1Nc1ccc(CNC(=O)OC(C)(C)C)cc1. The number of hydrogen-bond acceptors (Lipinski definition) is 17. The van der Waals surface area contributed by atoms with Crippen LogP contribution in [0.2, 0.25) is 0 Å². The lowest BCUT2D eigenvalue weighted by Gasteiger charge is -2.29. The van der Waals surface area contributed by atoms with E-state index in [9.17, 15) is 14.4 Å². The van der Waals surface area contributed by atoms with E-state index in [4.69, 9.17) is 58.3 Å². The van der Waals surface area contributed by atoms with Gasteiger partial charge < -0.3 is 74.9 Å². The van der Waals surface area contributed by atoms with Gasteiger partial charge in [0.2, 0.25) is 23.6 Å². The molecule has 0 spiro atoms. The monoisotopic (exact) mass is 1110 g/mol. The van der Waals surface area contributed by atoms with Crippen LogP contribution >= 0.6 is 0 Å². The Labute approximate surface area is 472 Å². The smallest absolute Gasteiger partial charge is 0.407 e. The number of ether oxygens (including phenoxy) is 9. The predicted octanol–water partition coefficient (Wildman–Crippen LogP) is 8.85. The van der Waals surface area contributed by atoms with Crippen molar-refractivity contribution in [1.82, 2.24) is 25.9 Å². The number of benzene rings is 4. The van der Waals surface area contributed by atoms with Gasteiger partial charge in [0, 0.05) is 73.9 Å². The maximum Gasteiger partial charge on any atom is 0.407 e. The second kappa shape index (κ2) is 27.2. The molecule has 6 heterocycles. The highest BCUT2D eigenvalue weighted by Crippen LogP contribution is 2.43. The van der Waals surface area contributed by atoms with Crippen LogP contribution < -0.4 is 60.7 Å². The normalized spacial score (nSPS) is 16.8. The topological polar surface area (TPSA) is 246 Å². The Hall–Kier alpha value is -8.33. The van der Waals surface area contributed by atoms with Gasteiger partial charge in [-0.2, -0.15) is 0 Å². The minimum Gasteiger partial charge on any atom is -0.486 e. The van der Waals surface area contributed by atoms with Gasteiger partial charge in [0.05, 0.1) is 38.7 Å². The van der Waals surface area contributed by atoms with Crippen molar-refractivity contribution in [1.29, 1.82) is 0 Å². The molecule has 10 rings (SSSR count). The highest BCUT2D eigenvalue weighted by molar-refractivity contribution is 5.80. The lowest BCUT2D eigenvalue weighted by molar-refractivity contribution is -0.129. The highest BCUT2D eigenvalue weighted by atomic mass is 16.6. The molecular weight excluding hydrogens is 1040 g/mol. The first-order chi connectivity index (χ1) is 39.3. The van der Waals surface area contributed by atoms with Gasteiger partial charge in [0.25, 0.3) is 0 Å². The number of fused-ring (bicyclic) bond motifs is 2. The Morgan fingerprint density at radius 1 is 0.580 bits per heavy atom. The van der Waals surface area contributed by atoms with Crippen LogP contribution in [0, 0.1) is 11.8 Å². The van der Waals surface area contributed by atoms with E-state index in [0.717, 1.165) is 65.0 Å². The summed E-state index contributed by atoms with van der Waals surface area (Å²) >= 11 is 0. The summed E-state index contributed by atoms with van der Waals surface area (Å²) in [6.45, 7) is 10.2. The summed E-state index contributed by atoms with van der Waals surface area (Å²) < 4.78 is 51.8. The molecule has 0 radical (unpaired) electrons. The van der Waals surface area contributed by atoms with Crippen LogP contribution in [0.15, 0.2) is 109 Å². The Morgan fingerprint density at radius 2 is 1.02 bits per heavy atom. The second-order valence-corrected chi connectivity index (χ2v) is 20.8. The largest absolute Gasteiger partial charge is 0.486 e. The summed E-state index contributed by atoms with van der Waals surface area (Å²) in [5.41, 5.74) is 13.2. The number of methoxy groups -OCH3 is 2. The summed E-state index contributed by atoms with van der Waals surface area (Å²) in [5.74, 6) is 3.34. The van der Waals surface area contributed by atoms with Crippen LogP contribution in [-0.4, -0.2) is 113 Å². The number of hydrogen-bond donors (Lipinski definition) is 6.